The molecule has 0 aliphatic carbocycles. The first-order chi connectivity index (χ1) is 7.04. The fourth-order valence-electron chi connectivity index (χ4n) is 1.09. The summed E-state index contributed by atoms with van der Waals surface area (Å²) in [6, 6.07) is 4.61. The van der Waals surface area contributed by atoms with E-state index in [1.807, 2.05) is 0 Å². The van der Waals surface area contributed by atoms with Gasteiger partial charge in [-0.25, -0.2) is 4.79 Å². The molecule has 0 aromatic heterocycles. The third-order valence-electron chi connectivity index (χ3n) is 1.85. The number of methoxy groups -OCH3 is 1. The second-order valence-electron chi connectivity index (χ2n) is 2.91. The van der Waals surface area contributed by atoms with E-state index in [9.17, 15) is 9.90 Å². The Kier molecular flexibility index (Phi) is 3.62. The summed E-state index contributed by atoms with van der Waals surface area (Å²) in [6.07, 6.45) is 0.154. The average Bonchev–Trinajstić information content (AvgIpc) is 2.20. The quantitative estimate of drug-likeness (QED) is 0.759. The molecule has 80 valence electrons. The van der Waals surface area contributed by atoms with E-state index in [0.717, 1.165) is 0 Å². The maximum absolute atomic E-state index is 10.5. The maximum Gasteiger partial charge on any atom is 0.342 e. The number of carboxylic acid groups (broad SMARTS) is 1. The third kappa shape index (κ3) is 2.92. The lowest BCUT2D eigenvalue weighted by molar-refractivity contribution is -0.129. The summed E-state index contributed by atoms with van der Waals surface area (Å²) in [6.45, 7) is 0. The van der Waals surface area contributed by atoms with Crippen molar-refractivity contribution in [1.82, 2.24) is 0 Å². The normalized spacial score (nSPS) is 9.67. The van der Waals surface area contributed by atoms with Crippen LogP contribution < -0.4 is 4.74 Å². The van der Waals surface area contributed by atoms with Crippen LogP contribution in [0.25, 0.3) is 0 Å². The number of ether oxygens (including phenoxy) is 1. The Labute approximate surface area is 92.1 Å². The van der Waals surface area contributed by atoms with Crippen LogP contribution in [-0.2, 0) is 11.2 Å². The molecule has 0 spiro atoms. The largest absolute Gasteiger partial charge is 0.504 e. The van der Waals surface area contributed by atoms with E-state index in [4.69, 9.17) is 9.84 Å². The molecule has 0 saturated carbocycles. The molecule has 0 fully saturated rings. The van der Waals surface area contributed by atoms with Gasteiger partial charge < -0.3 is 14.9 Å². The molecule has 0 heterocycles. The third-order valence-corrected chi connectivity index (χ3v) is 2.17. The second-order valence-corrected chi connectivity index (χ2v) is 3.40. The van der Waals surface area contributed by atoms with E-state index in [1.165, 1.54) is 13.2 Å². The lowest BCUT2D eigenvalue weighted by atomic mass is 10.1. The maximum atomic E-state index is 10.5. The standard InChI is InChI=1S/C10H10O4S/c1-14-8-4-6(2-3-7(8)11)5-9(15)10(12)13/h2-4,11H,5H2,1H3,(H,12,13). The summed E-state index contributed by atoms with van der Waals surface area (Å²) in [5, 5.41) is 17.9. The van der Waals surface area contributed by atoms with Crippen molar-refractivity contribution >= 4 is 23.1 Å². The molecule has 0 saturated heterocycles. The number of phenolic OH excluding ortho intramolecular Hbond substituents is 1. The van der Waals surface area contributed by atoms with Gasteiger partial charge in [0.2, 0.25) is 0 Å². The number of carbonyl (C=O) groups is 1. The fraction of sp³-hybridized carbons (Fsp3) is 0.200. The van der Waals surface area contributed by atoms with E-state index in [-0.39, 0.29) is 17.0 Å². The smallest absolute Gasteiger partial charge is 0.342 e. The Bertz CT molecular complexity index is 400. The summed E-state index contributed by atoms with van der Waals surface area (Å²) in [7, 11) is 1.42. The zero-order valence-electron chi connectivity index (χ0n) is 8.06. The molecule has 15 heavy (non-hydrogen) atoms. The number of aromatic hydroxyl groups is 1. The number of hydrogen-bond donors (Lipinski definition) is 2. The van der Waals surface area contributed by atoms with Gasteiger partial charge in [-0.2, -0.15) is 0 Å². The van der Waals surface area contributed by atoms with Crippen molar-refractivity contribution in [2.45, 2.75) is 6.42 Å². The van der Waals surface area contributed by atoms with E-state index in [2.05, 4.69) is 12.2 Å². The highest BCUT2D eigenvalue weighted by atomic mass is 32.1. The van der Waals surface area contributed by atoms with Crippen LogP contribution in [0, 0.1) is 0 Å². The molecule has 1 aromatic rings. The molecule has 5 heteroatoms. The van der Waals surface area contributed by atoms with Crippen molar-refractivity contribution in [3.8, 4) is 11.5 Å². The molecule has 0 bridgehead atoms. The number of rotatable bonds is 4. The van der Waals surface area contributed by atoms with Crippen molar-refractivity contribution in [3.05, 3.63) is 23.8 Å². The summed E-state index contributed by atoms with van der Waals surface area (Å²) in [5.41, 5.74) is 0.692. The number of carboxylic acids is 1. The van der Waals surface area contributed by atoms with Crippen molar-refractivity contribution < 1.29 is 19.7 Å². The van der Waals surface area contributed by atoms with Crippen molar-refractivity contribution in [2.24, 2.45) is 0 Å². The number of benzene rings is 1. The van der Waals surface area contributed by atoms with E-state index in [0.29, 0.717) is 11.3 Å². The first-order valence-electron chi connectivity index (χ1n) is 4.16. The van der Waals surface area contributed by atoms with Crippen LogP contribution in [0.1, 0.15) is 5.56 Å². The minimum atomic E-state index is -1.10. The van der Waals surface area contributed by atoms with Gasteiger partial charge in [0.05, 0.1) is 7.11 Å². The minimum Gasteiger partial charge on any atom is -0.504 e. The van der Waals surface area contributed by atoms with Gasteiger partial charge in [-0.15, -0.1) is 0 Å². The molecular formula is C10H10O4S. The van der Waals surface area contributed by atoms with Gasteiger partial charge in [0.15, 0.2) is 11.5 Å². The van der Waals surface area contributed by atoms with Gasteiger partial charge in [0, 0.05) is 6.42 Å². The molecule has 1 rings (SSSR count). The fourth-order valence-corrected chi connectivity index (χ4v) is 1.26. The Morgan fingerprint density at radius 3 is 2.73 bits per heavy atom. The summed E-state index contributed by atoms with van der Waals surface area (Å²) >= 11 is 4.67. The average molecular weight is 226 g/mol. The second kappa shape index (κ2) is 4.75. The predicted octanol–water partition coefficient (Wildman–Crippen LogP) is 1.40. The summed E-state index contributed by atoms with van der Waals surface area (Å²) < 4.78 is 4.89. The first-order valence-corrected chi connectivity index (χ1v) is 4.57. The van der Waals surface area contributed by atoms with Gasteiger partial charge in [-0.1, -0.05) is 18.3 Å². The molecular weight excluding hydrogens is 216 g/mol. The van der Waals surface area contributed by atoms with Crippen LogP contribution in [0.4, 0.5) is 0 Å². The molecule has 0 aliphatic heterocycles. The first kappa shape index (κ1) is 11.5. The van der Waals surface area contributed by atoms with Gasteiger partial charge in [0.25, 0.3) is 0 Å². The van der Waals surface area contributed by atoms with Gasteiger partial charge in [-0.3, -0.25) is 0 Å². The molecule has 0 amide bonds. The SMILES string of the molecule is COc1cc(CC(=S)C(=O)O)ccc1O. The molecule has 2 N–H and O–H groups in total. The van der Waals surface area contributed by atoms with Crippen LogP contribution in [0.3, 0.4) is 0 Å². The number of phenols is 1. The zero-order chi connectivity index (χ0) is 11.4. The molecule has 1 aromatic carbocycles. The topological polar surface area (TPSA) is 66.8 Å². The van der Waals surface area contributed by atoms with Gasteiger partial charge >= 0.3 is 5.97 Å². The highest BCUT2D eigenvalue weighted by Crippen LogP contribution is 2.26. The van der Waals surface area contributed by atoms with Crippen LogP contribution >= 0.6 is 12.2 Å². The number of aliphatic carboxylic acids is 1. The minimum absolute atomic E-state index is 0.0162. The highest BCUT2D eigenvalue weighted by molar-refractivity contribution is 7.82. The predicted molar refractivity (Wildman–Crippen MR) is 58.6 cm³/mol. The molecule has 0 unspecified atom stereocenters. The lowest BCUT2D eigenvalue weighted by Gasteiger charge is -2.05. The van der Waals surface area contributed by atoms with E-state index >= 15 is 0 Å². The van der Waals surface area contributed by atoms with Gasteiger partial charge in [-0.05, 0) is 17.7 Å². The number of hydrogen-bond acceptors (Lipinski definition) is 4. The zero-order valence-corrected chi connectivity index (χ0v) is 8.87. The molecule has 0 atom stereocenters. The summed E-state index contributed by atoms with van der Waals surface area (Å²) in [4.78, 5) is 10.4. The van der Waals surface area contributed by atoms with Crippen molar-refractivity contribution in [3.63, 3.8) is 0 Å². The van der Waals surface area contributed by atoms with Crippen molar-refractivity contribution in [2.75, 3.05) is 7.11 Å². The molecule has 0 aliphatic rings. The van der Waals surface area contributed by atoms with Crippen LogP contribution in [0.15, 0.2) is 18.2 Å². The monoisotopic (exact) mass is 226 g/mol. The van der Waals surface area contributed by atoms with E-state index < -0.39 is 5.97 Å². The van der Waals surface area contributed by atoms with Crippen molar-refractivity contribution in [1.29, 1.82) is 0 Å². The highest BCUT2D eigenvalue weighted by Gasteiger charge is 2.09. The molecule has 4 nitrogen and oxygen atoms in total. The Morgan fingerprint density at radius 1 is 1.53 bits per heavy atom. The van der Waals surface area contributed by atoms with Crippen LogP contribution in [-0.4, -0.2) is 28.2 Å². The molecule has 0 radical (unpaired) electrons. The Hall–Kier alpha value is -1.62. The Balaban J connectivity index is 2.87. The Morgan fingerprint density at radius 2 is 2.20 bits per heavy atom. The van der Waals surface area contributed by atoms with Gasteiger partial charge in [0.1, 0.15) is 4.86 Å². The van der Waals surface area contributed by atoms with E-state index in [1.54, 1.807) is 12.1 Å². The summed E-state index contributed by atoms with van der Waals surface area (Å²) in [5.74, 6) is -0.778. The number of thiocarbonyl (C=S) groups is 1. The van der Waals surface area contributed by atoms with Crippen LogP contribution in [0.2, 0.25) is 0 Å². The van der Waals surface area contributed by atoms with Crippen LogP contribution in [0.5, 0.6) is 11.5 Å². The lowest BCUT2D eigenvalue weighted by Crippen LogP contribution is -2.12.